The Morgan fingerprint density at radius 2 is 2.07 bits per heavy atom. The molecule has 0 spiro atoms. The van der Waals surface area contributed by atoms with E-state index in [2.05, 4.69) is 10.1 Å². The van der Waals surface area contributed by atoms with E-state index in [0.29, 0.717) is 13.1 Å². The molecule has 0 aromatic carbocycles. The lowest BCUT2D eigenvalue weighted by molar-refractivity contribution is -0.151. The summed E-state index contributed by atoms with van der Waals surface area (Å²) < 4.78 is 4.69. The molecule has 0 radical (unpaired) electrons. The molecule has 6 heteroatoms. The van der Waals surface area contributed by atoms with Gasteiger partial charge in [-0.25, -0.2) is 4.79 Å². The van der Waals surface area contributed by atoms with Crippen molar-refractivity contribution in [3.05, 3.63) is 0 Å². The molecule has 1 saturated heterocycles. The molecule has 1 unspecified atom stereocenters. The van der Waals surface area contributed by atoms with Crippen molar-refractivity contribution < 1.29 is 14.3 Å². The minimum atomic E-state index is -1.18. The molecule has 0 bridgehead atoms. The van der Waals surface area contributed by atoms with Crippen molar-refractivity contribution in [1.82, 2.24) is 10.2 Å². The predicted molar refractivity (Wildman–Crippen MR) is 54.1 cm³/mol. The molecule has 15 heavy (non-hydrogen) atoms. The van der Waals surface area contributed by atoms with Gasteiger partial charge in [0.05, 0.1) is 6.61 Å². The van der Waals surface area contributed by atoms with Crippen LogP contribution in [0.15, 0.2) is 0 Å². The van der Waals surface area contributed by atoms with Gasteiger partial charge >= 0.3 is 5.97 Å². The molecule has 1 aliphatic rings. The molecule has 3 N–H and O–H groups in total. The number of esters is 1. The number of piperazine rings is 1. The van der Waals surface area contributed by atoms with Crippen LogP contribution < -0.4 is 11.1 Å². The molecule has 1 atom stereocenters. The molecular formula is C9H17N3O3. The highest BCUT2D eigenvalue weighted by molar-refractivity contribution is 6.01. The van der Waals surface area contributed by atoms with Crippen LogP contribution in [0.2, 0.25) is 0 Å². The van der Waals surface area contributed by atoms with E-state index in [1.807, 2.05) is 0 Å². The number of carbonyl (C=O) groups is 2. The molecule has 6 nitrogen and oxygen atoms in total. The van der Waals surface area contributed by atoms with Crippen molar-refractivity contribution in [1.29, 1.82) is 0 Å². The van der Waals surface area contributed by atoms with Crippen molar-refractivity contribution in [3.63, 3.8) is 0 Å². The number of carbonyl (C=O) groups excluding carboxylic acids is 2. The highest BCUT2D eigenvalue weighted by atomic mass is 16.5. The molecule has 1 amide bonds. The second-order valence-electron chi connectivity index (χ2n) is 3.31. The fourth-order valence-corrected chi connectivity index (χ4v) is 1.41. The fourth-order valence-electron chi connectivity index (χ4n) is 1.41. The number of nitrogens with two attached hydrogens (primary N) is 1. The maximum atomic E-state index is 11.7. The molecule has 1 heterocycles. The number of hydrogen-bond donors (Lipinski definition) is 2. The van der Waals surface area contributed by atoms with Crippen LogP contribution in [0.25, 0.3) is 0 Å². The van der Waals surface area contributed by atoms with Gasteiger partial charge in [0.1, 0.15) is 0 Å². The normalized spacial score (nSPS) is 18.4. The van der Waals surface area contributed by atoms with Crippen LogP contribution >= 0.6 is 0 Å². The second-order valence-corrected chi connectivity index (χ2v) is 3.31. The lowest BCUT2D eigenvalue weighted by Crippen LogP contribution is -2.54. The van der Waals surface area contributed by atoms with Crippen LogP contribution in [-0.2, 0) is 14.3 Å². The molecule has 0 aromatic heterocycles. The van der Waals surface area contributed by atoms with Gasteiger partial charge in [-0.2, -0.15) is 0 Å². The zero-order valence-corrected chi connectivity index (χ0v) is 8.86. The van der Waals surface area contributed by atoms with Crippen molar-refractivity contribution in [2.75, 3.05) is 32.8 Å². The number of nitrogens with one attached hydrogen (secondary N) is 1. The Morgan fingerprint density at radius 3 is 2.60 bits per heavy atom. The predicted octanol–water partition coefficient (Wildman–Crippen LogP) is -1.69. The third kappa shape index (κ3) is 3.17. The summed E-state index contributed by atoms with van der Waals surface area (Å²) in [5.41, 5.74) is 5.49. The van der Waals surface area contributed by atoms with Crippen LogP contribution in [0.5, 0.6) is 0 Å². The molecule has 1 aliphatic heterocycles. The van der Waals surface area contributed by atoms with Crippen molar-refractivity contribution in [3.8, 4) is 0 Å². The lowest BCUT2D eigenvalue weighted by Gasteiger charge is -2.28. The van der Waals surface area contributed by atoms with Gasteiger partial charge in [0.15, 0.2) is 6.04 Å². The first-order valence-electron chi connectivity index (χ1n) is 5.08. The number of ether oxygens (including phenoxy) is 1. The largest absolute Gasteiger partial charge is 0.464 e. The average molecular weight is 215 g/mol. The summed E-state index contributed by atoms with van der Waals surface area (Å²) in [7, 11) is 0. The number of nitrogens with zero attached hydrogens (tertiary/aromatic N) is 1. The summed E-state index contributed by atoms with van der Waals surface area (Å²) in [4.78, 5) is 24.5. The van der Waals surface area contributed by atoms with Crippen LogP contribution in [0.3, 0.4) is 0 Å². The molecule has 0 saturated carbocycles. The zero-order chi connectivity index (χ0) is 11.3. The third-order valence-electron chi connectivity index (χ3n) is 2.24. The summed E-state index contributed by atoms with van der Waals surface area (Å²) in [5.74, 6) is -1.00. The Kier molecular flexibility index (Phi) is 4.51. The summed E-state index contributed by atoms with van der Waals surface area (Å²) >= 11 is 0. The van der Waals surface area contributed by atoms with E-state index in [4.69, 9.17) is 5.73 Å². The SMILES string of the molecule is CCOC(=O)C(N)C(=O)N1CCNCC1. The third-order valence-corrected chi connectivity index (χ3v) is 2.24. The van der Waals surface area contributed by atoms with Gasteiger partial charge in [-0.15, -0.1) is 0 Å². The van der Waals surface area contributed by atoms with Gasteiger partial charge in [0.25, 0.3) is 5.91 Å². The second kappa shape index (κ2) is 5.67. The highest BCUT2D eigenvalue weighted by Crippen LogP contribution is 1.98. The van der Waals surface area contributed by atoms with E-state index < -0.39 is 12.0 Å². The Labute approximate surface area is 88.7 Å². The lowest BCUT2D eigenvalue weighted by atomic mass is 10.2. The molecule has 0 aromatic rings. The molecule has 1 rings (SSSR count). The number of hydrogen-bond acceptors (Lipinski definition) is 5. The van der Waals surface area contributed by atoms with Crippen molar-refractivity contribution in [2.45, 2.75) is 13.0 Å². The minimum Gasteiger partial charge on any atom is -0.464 e. The summed E-state index contributed by atoms with van der Waals surface area (Å²) in [6.07, 6.45) is 0. The summed E-state index contributed by atoms with van der Waals surface area (Å²) in [5, 5.41) is 3.11. The fraction of sp³-hybridized carbons (Fsp3) is 0.778. The molecular weight excluding hydrogens is 198 g/mol. The van der Waals surface area contributed by atoms with E-state index in [9.17, 15) is 9.59 Å². The first-order valence-corrected chi connectivity index (χ1v) is 5.08. The Morgan fingerprint density at radius 1 is 1.47 bits per heavy atom. The van der Waals surface area contributed by atoms with Gasteiger partial charge in [0, 0.05) is 26.2 Å². The quantitative estimate of drug-likeness (QED) is 0.433. The number of rotatable bonds is 3. The van der Waals surface area contributed by atoms with E-state index >= 15 is 0 Å². The first-order chi connectivity index (χ1) is 7.16. The van der Waals surface area contributed by atoms with Crippen LogP contribution in [0.1, 0.15) is 6.92 Å². The molecule has 0 aliphatic carbocycles. The van der Waals surface area contributed by atoms with Gasteiger partial charge in [-0.05, 0) is 6.92 Å². The Bertz CT molecular complexity index is 239. The van der Waals surface area contributed by atoms with E-state index in [1.165, 1.54) is 0 Å². The van der Waals surface area contributed by atoms with Gasteiger partial charge < -0.3 is 20.7 Å². The monoisotopic (exact) mass is 215 g/mol. The summed E-state index contributed by atoms with van der Waals surface area (Å²) in [6, 6.07) is -1.18. The van der Waals surface area contributed by atoms with E-state index in [1.54, 1.807) is 11.8 Å². The molecule has 1 fully saturated rings. The van der Waals surface area contributed by atoms with Gasteiger partial charge in [-0.3, -0.25) is 4.79 Å². The van der Waals surface area contributed by atoms with E-state index in [-0.39, 0.29) is 12.5 Å². The minimum absolute atomic E-state index is 0.237. The topological polar surface area (TPSA) is 84.7 Å². The smallest absolute Gasteiger partial charge is 0.332 e. The van der Waals surface area contributed by atoms with E-state index in [0.717, 1.165) is 13.1 Å². The zero-order valence-electron chi connectivity index (χ0n) is 8.86. The van der Waals surface area contributed by atoms with Crippen molar-refractivity contribution in [2.24, 2.45) is 5.73 Å². The molecule has 86 valence electrons. The van der Waals surface area contributed by atoms with Crippen LogP contribution in [0.4, 0.5) is 0 Å². The highest BCUT2D eigenvalue weighted by Gasteiger charge is 2.28. The maximum Gasteiger partial charge on any atom is 0.332 e. The Balaban J connectivity index is 2.47. The van der Waals surface area contributed by atoms with Gasteiger partial charge in [0.2, 0.25) is 0 Å². The number of amides is 1. The first kappa shape index (κ1) is 11.9. The van der Waals surface area contributed by atoms with Crippen LogP contribution in [0, 0.1) is 0 Å². The standard InChI is InChI=1S/C9H17N3O3/c1-2-15-9(14)7(10)8(13)12-5-3-11-4-6-12/h7,11H,2-6,10H2,1H3. The average Bonchev–Trinajstić information content (AvgIpc) is 2.28. The Hall–Kier alpha value is -1.14. The van der Waals surface area contributed by atoms with Crippen molar-refractivity contribution >= 4 is 11.9 Å². The van der Waals surface area contributed by atoms with Gasteiger partial charge in [-0.1, -0.05) is 0 Å². The van der Waals surface area contributed by atoms with Crippen LogP contribution in [-0.4, -0.2) is 55.6 Å². The maximum absolute atomic E-state index is 11.7. The summed E-state index contributed by atoms with van der Waals surface area (Å²) in [6.45, 7) is 4.57.